The van der Waals surface area contributed by atoms with Gasteiger partial charge in [-0.2, -0.15) is 4.98 Å². The molecule has 0 bridgehead atoms. The number of aromatic nitrogens is 5. The molecule has 2 heterocycles. The van der Waals surface area contributed by atoms with Gasteiger partial charge in [0.25, 0.3) is 0 Å². The Bertz CT molecular complexity index is 1100. The molecule has 0 unspecified atom stereocenters. The SMILES string of the molecule is COc1ccccc1-c1noc(CSc2nnc(-c3ccc(F)cc3)n2N)n1. The van der Waals surface area contributed by atoms with Gasteiger partial charge in [0, 0.05) is 5.56 Å². The summed E-state index contributed by atoms with van der Waals surface area (Å²) in [5.41, 5.74) is 1.41. The summed E-state index contributed by atoms with van der Waals surface area (Å²) >= 11 is 1.30. The third-order valence-electron chi connectivity index (χ3n) is 3.91. The molecule has 10 heteroatoms. The predicted molar refractivity (Wildman–Crippen MR) is 101 cm³/mol. The average Bonchev–Trinajstić information content (AvgIpc) is 3.34. The van der Waals surface area contributed by atoms with E-state index in [1.807, 2.05) is 24.3 Å². The number of methoxy groups -OCH3 is 1. The third kappa shape index (κ3) is 3.54. The molecule has 142 valence electrons. The Morgan fingerprint density at radius 1 is 1.14 bits per heavy atom. The van der Waals surface area contributed by atoms with Gasteiger partial charge in [-0.15, -0.1) is 10.2 Å². The van der Waals surface area contributed by atoms with Crippen LogP contribution in [0.25, 0.3) is 22.8 Å². The van der Waals surface area contributed by atoms with E-state index in [1.54, 1.807) is 19.2 Å². The molecule has 0 atom stereocenters. The van der Waals surface area contributed by atoms with Gasteiger partial charge in [0.2, 0.25) is 16.9 Å². The van der Waals surface area contributed by atoms with Crippen molar-refractivity contribution in [1.29, 1.82) is 0 Å². The van der Waals surface area contributed by atoms with Crippen LogP contribution in [0.5, 0.6) is 5.75 Å². The first-order valence-electron chi connectivity index (χ1n) is 8.21. The maximum atomic E-state index is 13.1. The quantitative estimate of drug-likeness (QED) is 0.390. The summed E-state index contributed by atoms with van der Waals surface area (Å²) in [6.45, 7) is 0. The minimum Gasteiger partial charge on any atom is -0.496 e. The van der Waals surface area contributed by atoms with Gasteiger partial charge in [0.15, 0.2) is 5.82 Å². The van der Waals surface area contributed by atoms with E-state index in [0.29, 0.717) is 39.8 Å². The van der Waals surface area contributed by atoms with Gasteiger partial charge in [0.1, 0.15) is 11.6 Å². The lowest BCUT2D eigenvalue weighted by molar-refractivity contribution is 0.390. The van der Waals surface area contributed by atoms with Crippen molar-refractivity contribution < 1.29 is 13.7 Å². The first-order chi connectivity index (χ1) is 13.7. The van der Waals surface area contributed by atoms with Gasteiger partial charge >= 0.3 is 0 Å². The summed E-state index contributed by atoms with van der Waals surface area (Å²) in [6, 6.07) is 13.3. The fourth-order valence-electron chi connectivity index (χ4n) is 2.55. The van der Waals surface area contributed by atoms with Crippen molar-refractivity contribution in [3.63, 3.8) is 0 Å². The lowest BCUT2D eigenvalue weighted by Crippen LogP contribution is -2.11. The number of para-hydroxylation sites is 1. The molecule has 0 saturated heterocycles. The zero-order chi connectivity index (χ0) is 19.5. The molecule has 0 radical (unpaired) electrons. The minimum absolute atomic E-state index is 0.330. The Hall–Kier alpha value is -3.40. The lowest BCUT2D eigenvalue weighted by Gasteiger charge is -2.03. The molecule has 2 aromatic heterocycles. The standard InChI is InChI=1S/C18H15FN6O2S/c1-26-14-5-3-2-4-13(14)16-21-15(27-24-16)10-28-18-23-22-17(25(18)20)11-6-8-12(19)9-7-11/h2-9H,10,20H2,1H3. The highest BCUT2D eigenvalue weighted by Gasteiger charge is 2.16. The van der Waals surface area contributed by atoms with Crippen LogP contribution < -0.4 is 10.6 Å². The Labute approximate surface area is 163 Å². The van der Waals surface area contributed by atoms with Gasteiger partial charge in [-0.25, -0.2) is 9.07 Å². The van der Waals surface area contributed by atoms with Crippen LogP contribution in [0.4, 0.5) is 4.39 Å². The van der Waals surface area contributed by atoms with Gasteiger partial charge in [0.05, 0.1) is 18.4 Å². The number of nitrogens with zero attached hydrogens (tertiary/aromatic N) is 5. The second-order valence-electron chi connectivity index (χ2n) is 5.68. The highest BCUT2D eigenvalue weighted by atomic mass is 32.2. The second-order valence-corrected chi connectivity index (χ2v) is 6.63. The summed E-state index contributed by atoms with van der Waals surface area (Å²) in [4.78, 5) is 4.39. The zero-order valence-corrected chi connectivity index (χ0v) is 15.6. The lowest BCUT2D eigenvalue weighted by atomic mass is 10.2. The molecule has 4 rings (SSSR count). The molecule has 0 aliphatic carbocycles. The number of nitrogen functional groups attached to an aromatic ring is 1. The van der Waals surface area contributed by atoms with E-state index in [1.165, 1.54) is 28.6 Å². The average molecular weight is 398 g/mol. The zero-order valence-electron chi connectivity index (χ0n) is 14.7. The molecule has 0 spiro atoms. The Kier molecular flexibility index (Phi) is 4.94. The maximum Gasteiger partial charge on any atom is 0.237 e. The largest absolute Gasteiger partial charge is 0.496 e. The highest BCUT2D eigenvalue weighted by Crippen LogP contribution is 2.29. The highest BCUT2D eigenvalue weighted by molar-refractivity contribution is 7.98. The van der Waals surface area contributed by atoms with E-state index in [9.17, 15) is 4.39 Å². The van der Waals surface area contributed by atoms with E-state index in [0.717, 1.165) is 5.56 Å². The molecule has 8 nitrogen and oxygen atoms in total. The minimum atomic E-state index is -0.330. The molecular formula is C18H15FN6O2S. The Morgan fingerprint density at radius 2 is 1.93 bits per heavy atom. The first-order valence-corrected chi connectivity index (χ1v) is 9.19. The number of hydrogen-bond acceptors (Lipinski definition) is 8. The molecular weight excluding hydrogens is 383 g/mol. The molecule has 28 heavy (non-hydrogen) atoms. The van der Waals surface area contributed by atoms with Crippen LogP contribution >= 0.6 is 11.8 Å². The van der Waals surface area contributed by atoms with Crippen molar-refractivity contribution in [2.45, 2.75) is 10.9 Å². The van der Waals surface area contributed by atoms with Crippen LogP contribution in [-0.4, -0.2) is 32.1 Å². The molecule has 0 aliphatic heterocycles. The van der Waals surface area contributed by atoms with Crippen LogP contribution in [0.1, 0.15) is 5.89 Å². The van der Waals surface area contributed by atoms with E-state index in [-0.39, 0.29) is 5.82 Å². The first kappa shape index (κ1) is 18.0. The van der Waals surface area contributed by atoms with Crippen molar-refractivity contribution in [2.24, 2.45) is 0 Å². The van der Waals surface area contributed by atoms with E-state index < -0.39 is 0 Å². The van der Waals surface area contributed by atoms with Crippen LogP contribution in [-0.2, 0) is 5.75 Å². The molecule has 0 saturated carbocycles. The second kappa shape index (κ2) is 7.69. The predicted octanol–water partition coefficient (Wildman–Crippen LogP) is 3.15. The van der Waals surface area contributed by atoms with E-state index >= 15 is 0 Å². The van der Waals surface area contributed by atoms with Gasteiger partial charge in [-0.1, -0.05) is 29.1 Å². The summed E-state index contributed by atoms with van der Waals surface area (Å²) in [7, 11) is 1.59. The number of benzene rings is 2. The Morgan fingerprint density at radius 3 is 2.71 bits per heavy atom. The maximum absolute atomic E-state index is 13.1. The van der Waals surface area contributed by atoms with E-state index in [4.69, 9.17) is 15.1 Å². The number of ether oxygens (including phenoxy) is 1. The van der Waals surface area contributed by atoms with Gasteiger partial charge in [-0.3, -0.25) is 0 Å². The fourth-order valence-corrected chi connectivity index (χ4v) is 3.24. The van der Waals surface area contributed by atoms with Gasteiger partial charge < -0.3 is 15.1 Å². The fraction of sp³-hybridized carbons (Fsp3) is 0.111. The number of halogens is 1. The van der Waals surface area contributed by atoms with Gasteiger partial charge in [-0.05, 0) is 36.4 Å². The Balaban J connectivity index is 1.49. The van der Waals surface area contributed by atoms with Crippen molar-refractivity contribution in [3.8, 4) is 28.5 Å². The molecule has 2 aromatic carbocycles. The molecule has 4 aromatic rings. The summed E-state index contributed by atoms with van der Waals surface area (Å²) in [6.07, 6.45) is 0. The number of thioether (sulfide) groups is 1. The van der Waals surface area contributed by atoms with Crippen LogP contribution in [0.3, 0.4) is 0 Å². The van der Waals surface area contributed by atoms with Crippen LogP contribution in [0.15, 0.2) is 58.2 Å². The number of hydrogen-bond donors (Lipinski definition) is 1. The molecule has 2 N–H and O–H groups in total. The van der Waals surface area contributed by atoms with Crippen molar-refractivity contribution >= 4 is 11.8 Å². The van der Waals surface area contributed by atoms with Crippen LogP contribution in [0.2, 0.25) is 0 Å². The topological polar surface area (TPSA) is 105 Å². The van der Waals surface area contributed by atoms with Crippen LogP contribution in [0, 0.1) is 5.82 Å². The monoisotopic (exact) mass is 398 g/mol. The number of nitrogens with two attached hydrogens (primary N) is 1. The summed E-state index contributed by atoms with van der Waals surface area (Å²) in [5.74, 6) is 8.04. The number of rotatable bonds is 6. The summed E-state index contributed by atoms with van der Waals surface area (Å²) < 4.78 is 25.0. The van der Waals surface area contributed by atoms with Crippen molar-refractivity contribution in [1.82, 2.24) is 25.0 Å². The molecule has 0 amide bonds. The van der Waals surface area contributed by atoms with Crippen molar-refractivity contribution in [3.05, 3.63) is 60.2 Å². The smallest absolute Gasteiger partial charge is 0.237 e. The van der Waals surface area contributed by atoms with Crippen molar-refractivity contribution in [2.75, 3.05) is 13.0 Å². The summed E-state index contributed by atoms with van der Waals surface area (Å²) in [5, 5.41) is 12.6. The normalized spacial score (nSPS) is 10.9. The third-order valence-corrected chi connectivity index (χ3v) is 4.84. The molecule has 0 fully saturated rings. The molecule has 0 aliphatic rings. The van der Waals surface area contributed by atoms with E-state index in [2.05, 4.69) is 20.3 Å².